The fourth-order valence-corrected chi connectivity index (χ4v) is 2.64. The Morgan fingerprint density at radius 1 is 1.26 bits per heavy atom. The second-order valence-corrected chi connectivity index (χ2v) is 5.24. The van der Waals surface area contributed by atoms with Crippen molar-refractivity contribution in [1.82, 2.24) is 0 Å². The number of ether oxygens (including phenoxy) is 1. The average Bonchev–Trinajstić information content (AvgIpc) is 2.39. The molecule has 19 heavy (non-hydrogen) atoms. The Hall–Kier alpha value is -0.860. The van der Waals surface area contributed by atoms with Gasteiger partial charge in [0.25, 0.3) is 0 Å². The van der Waals surface area contributed by atoms with Crippen LogP contribution in [0.2, 0.25) is 5.02 Å². The lowest BCUT2D eigenvalue weighted by Crippen LogP contribution is -2.41. The van der Waals surface area contributed by atoms with E-state index in [1.165, 1.54) is 0 Å². The minimum Gasteiger partial charge on any atom is -0.368 e. The third-order valence-electron chi connectivity index (χ3n) is 3.63. The first-order valence-corrected chi connectivity index (χ1v) is 7.29. The van der Waals surface area contributed by atoms with E-state index in [0.717, 1.165) is 11.1 Å². The molecule has 0 heterocycles. The van der Waals surface area contributed by atoms with Gasteiger partial charge in [-0.3, -0.25) is 4.79 Å². The molecule has 0 aliphatic carbocycles. The van der Waals surface area contributed by atoms with E-state index in [2.05, 4.69) is 0 Å². The Labute approximate surface area is 121 Å². The van der Waals surface area contributed by atoms with Crippen molar-refractivity contribution in [3.63, 3.8) is 0 Å². The number of hydrogen-bond acceptors (Lipinski definition) is 2. The maximum Gasteiger partial charge on any atom is 0.169 e. The number of carbonyl (C=O) groups excluding carboxylic acids is 1. The first-order valence-electron chi connectivity index (χ1n) is 6.91. The minimum absolute atomic E-state index is 0.116. The second-order valence-electron chi connectivity index (χ2n) is 4.83. The summed E-state index contributed by atoms with van der Waals surface area (Å²) in [6, 6.07) is 5.80. The number of Topliss-reactive ketones (excluding diaryl/α,β-unsaturated/α-hetero) is 1. The van der Waals surface area contributed by atoms with Crippen molar-refractivity contribution in [2.75, 3.05) is 6.61 Å². The van der Waals surface area contributed by atoms with Crippen LogP contribution in [0.5, 0.6) is 0 Å². The van der Waals surface area contributed by atoms with E-state index in [4.69, 9.17) is 16.3 Å². The van der Waals surface area contributed by atoms with Crippen LogP contribution < -0.4 is 0 Å². The summed E-state index contributed by atoms with van der Waals surface area (Å²) in [5.74, 6) is 0.116. The summed E-state index contributed by atoms with van der Waals surface area (Å²) < 4.78 is 5.73. The molecule has 106 valence electrons. The Bertz CT molecular complexity index is 436. The Morgan fingerprint density at radius 2 is 1.89 bits per heavy atom. The monoisotopic (exact) mass is 282 g/mol. The molecule has 0 aliphatic heterocycles. The fourth-order valence-electron chi connectivity index (χ4n) is 2.34. The topological polar surface area (TPSA) is 26.3 Å². The summed E-state index contributed by atoms with van der Waals surface area (Å²) in [7, 11) is 0. The molecule has 0 spiro atoms. The molecule has 0 aliphatic rings. The number of halogens is 1. The number of carbonyl (C=O) groups is 1. The normalized spacial score (nSPS) is 11.6. The van der Waals surface area contributed by atoms with Gasteiger partial charge in [-0.2, -0.15) is 0 Å². The van der Waals surface area contributed by atoms with Crippen LogP contribution in [0.15, 0.2) is 18.2 Å². The Morgan fingerprint density at radius 3 is 2.37 bits per heavy atom. The van der Waals surface area contributed by atoms with Gasteiger partial charge in [0, 0.05) is 18.1 Å². The van der Waals surface area contributed by atoms with Crippen molar-refractivity contribution >= 4 is 17.4 Å². The number of benzene rings is 1. The van der Waals surface area contributed by atoms with E-state index >= 15 is 0 Å². The van der Waals surface area contributed by atoms with Gasteiger partial charge in [0.1, 0.15) is 5.60 Å². The van der Waals surface area contributed by atoms with Gasteiger partial charge in [-0.15, -0.1) is 0 Å². The van der Waals surface area contributed by atoms with Gasteiger partial charge < -0.3 is 4.74 Å². The minimum atomic E-state index is -0.664. The van der Waals surface area contributed by atoms with Gasteiger partial charge in [0.15, 0.2) is 5.78 Å². The fraction of sp³-hybridized carbons (Fsp3) is 0.562. The maximum absolute atomic E-state index is 12.5. The summed E-state index contributed by atoms with van der Waals surface area (Å²) >= 11 is 6.19. The molecule has 0 fully saturated rings. The van der Waals surface area contributed by atoms with E-state index in [1.807, 2.05) is 45.9 Å². The molecule has 0 N–H and O–H groups in total. The summed E-state index contributed by atoms with van der Waals surface area (Å²) in [6.07, 6.45) is 1.72. The van der Waals surface area contributed by atoms with Crippen molar-refractivity contribution in [3.8, 4) is 0 Å². The highest BCUT2D eigenvalue weighted by Crippen LogP contribution is 2.26. The molecule has 1 aromatic rings. The number of rotatable bonds is 7. The molecule has 0 aromatic heterocycles. The standard InChI is InChI=1S/C16H23ClO2/c1-5-16(6-2,19-7-3)15(18)11-13-9-8-12(4)10-14(13)17/h8-10H,5-7,11H2,1-4H3. The maximum atomic E-state index is 12.5. The lowest BCUT2D eigenvalue weighted by atomic mass is 9.88. The smallest absolute Gasteiger partial charge is 0.169 e. The lowest BCUT2D eigenvalue weighted by Gasteiger charge is -2.30. The zero-order valence-electron chi connectivity index (χ0n) is 12.3. The van der Waals surface area contributed by atoms with Crippen LogP contribution in [-0.2, 0) is 16.0 Å². The quantitative estimate of drug-likeness (QED) is 0.743. The van der Waals surface area contributed by atoms with E-state index in [9.17, 15) is 4.79 Å². The van der Waals surface area contributed by atoms with Gasteiger partial charge in [-0.25, -0.2) is 0 Å². The summed E-state index contributed by atoms with van der Waals surface area (Å²) in [5.41, 5.74) is 1.31. The van der Waals surface area contributed by atoms with Gasteiger partial charge in [-0.1, -0.05) is 37.6 Å². The van der Waals surface area contributed by atoms with Gasteiger partial charge in [0.2, 0.25) is 0 Å². The van der Waals surface area contributed by atoms with Crippen molar-refractivity contribution < 1.29 is 9.53 Å². The van der Waals surface area contributed by atoms with E-state index in [0.29, 0.717) is 30.9 Å². The van der Waals surface area contributed by atoms with Crippen molar-refractivity contribution in [3.05, 3.63) is 34.3 Å². The molecule has 0 bridgehead atoms. The average molecular weight is 283 g/mol. The second kappa shape index (κ2) is 7.06. The van der Waals surface area contributed by atoms with Gasteiger partial charge >= 0.3 is 0 Å². The van der Waals surface area contributed by atoms with E-state index < -0.39 is 5.60 Å². The highest BCUT2D eigenvalue weighted by molar-refractivity contribution is 6.31. The number of ketones is 1. The van der Waals surface area contributed by atoms with Crippen LogP contribution in [-0.4, -0.2) is 18.0 Å². The zero-order valence-corrected chi connectivity index (χ0v) is 13.0. The SMILES string of the molecule is CCOC(CC)(CC)C(=O)Cc1ccc(C)cc1Cl. The Kier molecular flexibility index (Phi) is 6.02. The zero-order chi connectivity index (χ0) is 14.5. The third-order valence-corrected chi connectivity index (χ3v) is 3.98. The lowest BCUT2D eigenvalue weighted by molar-refractivity contribution is -0.144. The molecule has 2 nitrogen and oxygen atoms in total. The van der Waals surface area contributed by atoms with E-state index in [-0.39, 0.29) is 5.78 Å². The van der Waals surface area contributed by atoms with Crippen LogP contribution in [0.4, 0.5) is 0 Å². The molecule has 0 amide bonds. The molecule has 0 saturated carbocycles. The number of aryl methyl sites for hydroxylation is 1. The van der Waals surface area contributed by atoms with Crippen LogP contribution >= 0.6 is 11.6 Å². The highest BCUT2D eigenvalue weighted by atomic mass is 35.5. The molecule has 0 saturated heterocycles. The summed E-state index contributed by atoms with van der Waals surface area (Å²) in [5, 5.41) is 0.658. The number of hydrogen-bond donors (Lipinski definition) is 0. The van der Waals surface area contributed by atoms with Crippen LogP contribution in [0.25, 0.3) is 0 Å². The molecule has 0 atom stereocenters. The molecule has 0 radical (unpaired) electrons. The third kappa shape index (κ3) is 3.80. The molecular formula is C16H23ClO2. The molecule has 1 rings (SSSR count). The van der Waals surface area contributed by atoms with Crippen molar-refractivity contribution in [1.29, 1.82) is 0 Å². The molecular weight excluding hydrogens is 260 g/mol. The van der Waals surface area contributed by atoms with Gasteiger partial charge in [0.05, 0.1) is 0 Å². The van der Waals surface area contributed by atoms with Crippen LogP contribution in [0, 0.1) is 6.92 Å². The Balaban J connectivity index is 2.93. The van der Waals surface area contributed by atoms with Crippen molar-refractivity contribution in [2.45, 2.75) is 52.6 Å². The van der Waals surface area contributed by atoms with Crippen LogP contribution in [0.3, 0.4) is 0 Å². The van der Waals surface area contributed by atoms with Crippen molar-refractivity contribution in [2.24, 2.45) is 0 Å². The molecule has 1 aromatic carbocycles. The molecule has 0 unspecified atom stereocenters. The summed E-state index contributed by atoms with van der Waals surface area (Å²) in [6.45, 7) is 8.45. The predicted molar refractivity (Wildman–Crippen MR) is 79.8 cm³/mol. The first-order chi connectivity index (χ1) is 8.99. The van der Waals surface area contributed by atoms with Gasteiger partial charge in [-0.05, 0) is 43.9 Å². The first kappa shape index (κ1) is 16.2. The predicted octanol–water partition coefficient (Wildman–Crippen LogP) is 4.36. The summed E-state index contributed by atoms with van der Waals surface area (Å²) in [4.78, 5) is 12.5. The largest absolute Gasteiger partial charge is 0.368 e. The highest BCUT2D eigenvalue weighted by Gasteiger charge is 2.35. The van der Waals surface area contributed by atoms with E-state index in [1.54, 1.807) is 0 Å². The molecule has 3 heteroatoms. The van der Waals surface area contributed by atoms with Crippen LogP contribution in [0.1, 0.15) is 44.7 Å².